The van der Waals surface area contributed by atoms with Gasteiger partial charge in [-0.2, -0.15) is 0 Å². The fourth-order valence-corrected chi connectivity index (χ4v) is 1.02. The predicted octanol–water partition coefficient (Wildman–Crippen LogP) is -2.34. The Balaban J connectivity index is 0. The van der Waals surface area contributed by atoms with Gasteiger partial charge in [0.15, 0.2) is 0 Å². The van der Waals surface area contributed by atoms with E-state index in [2.05, 4.69) is 16.0 Å². The third-order valence-electron chi connectivity index (χ3n) is 1.04. The van der Waals surface area contributed by atoms with Crippen molar-refractivity contribution in [1.82, 2.24) is 0 Å². The van der Waals surface area contributed by atoms with Crippen molar-refractivity contribution < 1.29 is 46.7 Å². The van der Waals surface area contributed by atoms with Gasteiger partial charge in [-0.1, -0.05) is 19.8 Å². The molecule has 0 fully saturated rings. The fraction of sp³-hybridized carbons (Fsp3) is 0.714. The Morgan fingerprint density at radius 3 is 2.31 bits per heavy atom. The van der Waals surface area contributed by atoms with Crippen LogP contribution >= 0.6 is 0 Å². The van der Waals surface area contributed by atoms with Gasteiger partial charge in [-0.15, -0.1) is 5.92 Å². The molecule has 0 heterocycles. The normalized spacial score (nSPS) is 12.2. The van der Waals surface area contributed by atoms with Crippen LogP contribution in [-0.2, 0) is 14.6 Å². The standard InChI is InChI=1S/C7H12O4S.Na/c1-3-5-6-7(4-2)11-12(8,9)10;/h7H,3-4H2,1-2H3,(H,8,9,10);/q;+1/p-1/t7-;/m1./s1. The van der Waals surface area contributed by atoms with Crippen LogP contribution in [0.25, 0.3) is 0 Å². The van der Waals surface area contributed by atoms with Crippen molar-refractivity contribution in [3.63, 3.8) is 0 Å². The molecule has 0 N–H and O–H groups in total. The quantitative estimate of drug-likeness (QED) is 0.228. The van der Waals surface area contributed by atoms with Crippen LogP contribution in [0, 0.1) is 11.8 Å². The second-order valence-electron chi connectivity index (χ2n) is 2.08. The van der Waals surface area contributed by atoms with Crippen molar-refractivity contribution in [1.29, 1.82) is 0 Å². The molecule has 0 saturated heterocycles. The van der Waals surface area contributed by atoms with E-state index < -0.39 is 16.5 Å². The Morgan fingerprint density at radius 1 is 1.46 bits per heavy atom. The maximum absolute atomic E-state index is 10.1. The van der Waals surface area contributed by atoms with Crippen molar-refractivity contribution in [2.24, 2.45) is 0 Å². The zero-order chi connectivity index (χ0) is 9.61. The smallest absolute Gasteiger partial charge is 0.725 e. The maximum atomic E-state index is 10.1. The van der Waals surface area contributed by atoms with Crippen LogP contribution in [0.1, 0.15) is 26.7 Å². The minimum absolute atomic E-state index is 0. The Morgan fingerprint density at radius 2 is 2.00 bits per heavy atom. The first kappa shape index (κ1) is 15.9. The molecule has 0 aromatic heterocycles. The van der Waals surface area contributed by atoms with E-state index in [1.165, 1.54) is 0 Å². The van der Waals surface area contributed by atoms with Crippen molar-refractivity contribution in [3.8, 4) is 11.8 Å². The first-order valence-corrected chi connectivity index (χ1v) is 4.95. The van der Waals surface area contributed by atoms with E-state index in [0.717, 1.165) is 0 Å². The summed E-state index contributed by atoms with van der Waals surface area (Å²) in [5.74, 6) is 5.17. The molecule has 0 saturated carbocycles. The Hall–Kier alpha value is 0.430. The van der Waals surface area contributed by atoms with Crippen molar-refractivity contribution in [2.45, 2.75) is 32.8 Å². The fourth-order valence-electron chi connectivity index (χ4n) is 0.552. The molecule has 0 amide bonds. The summed E-state index contributed by atoms with van der Waals surface area (Å²) < 4.78 is 34.5. The molecular weight excluding hydrogens is 203 g/mol. The average Bonchev–Trinajstić information content (AvgIpc) is 1.95. The van der Waals surface area contributed by atoms with Crippen LogP contribution in [0.3, 0.4) is 0 Å². The molecule has 6 heteroatoms. The molecule has 1 atom stereocenters. The zero-order valence-electron chi connectivity index (χ0n) is 8.03. The maximum Gasteiger partial charge on any atom is 1.00 e. The minimum Gasteiger partial charge on any atom is -0.725 e. The number of hydrogen-bond donors (Lipinski definition) is 0. The second-order valence-corrected chi connectivity index (χ2v) is 3.08. The first-order chi connectivity index (χ1) is 5.49. The van der Waals surface area contributed by atoms with Crippen LogP contribution in [0.4, 0.5) is 0 Å². The summed E-state index contributed by atoms with van der Waals surface area (Å²) in [4.78, 5) is 0. The number of hydrogen-bond acceptors (Lipinski definition) is 4. The van der Waals surface area contributed by atoms with Gasteiger partial charge in [0, 0.05) is 6.42 Å². The molecule has 0 aliphatic rings. The summed E-state index contributed by atoms with van der Waals surface area (Å²) in [6.07, 6.45) is 0.195. The third-order valence-corrected chi connectivity index (χ3v) is 1.51. The van der Waals surface area contributed by atoms with Crippen molar-refractivity contribution >= 4 is 10.4 Å². The molecular formula is C7H11NaO4S. The third kappa shape index (κ3) is 10.4. The summed E-state index contributed by atoms with van der Waals surface area (Å²) in [5, 5.41) is 0. The monoisotopic (exact) mass is 214 g/mol. The van der Waals surface area contributed by atoms with E-state index in [-0.39, 0.29) is 29.6 Å². The van der Waals surface area contributed by atoms with Crippen LogP contribution in [0.2, 0.25) is 0 Å². The van der Waals surface area contributed by atoms with E-state index in [4.69, 9.17) is 0 Å². The van der Waals surface area contributed by atoms with Crippen LogP contribution in [0.5, 0.6) is 0 Å². The summed E-state index contributed by atoms with van der Waals surface area (Å²) >= 11 is 0. The van der Waals surface area contributed by atoms with Crippen molar-refractivity contribution in [2.75, 3.05) is 0 Å². The summed E-state index contributed by atoms with van der Waals surface area (Å²) in [6, 6.07) is 0. The van der Waals surface area contributed by atoms with Crippen LogP contribution in [-0.4, -0.2) is 19.1 Å². The Bertz CT molecular complexity index is 275. The van der Waals surface area contributed by atoms with Gasteiger partial charge in [0.1, 0.15) is 6.10 Å². The molecule has 70 valence electrons. The summed E-state index contributed by atoms with van der Waals surface area (Å²) in [6.45, 7) is 3.52. The van der Waals surface area contributed by atoms with Gasteiger partial charge in [-0.3, -0.25) is 4.18 Å². The SMILES string of the molecule is CCC#C[C@@H](CC)OS(=O)(=O)[O-].[Na+]. The van der Waals surface area contributed by atoms with Gasteiger partial charge in [0.05, 0.1) is 0 Å². The molecule has 0 spiro atoms. The van der Waals surface area contributed by atoms with Gasteiger partial charge in [-0.25, -0.2) is 8.42 Å². The first-order valence-electron chi connectivity index (χ1n) is 3.62. The Labute approximate surface area is 101 Å². The van der Waals surface area contributed by atoms with Gasteiger partial charge in [0.2, 0.25) is 10.4 Å². The summed E-state index contributed by atoms with van der Waals surface area (Å²) in [7, 11) is -4.62. The molecule has 0 aromatic carbocycles. The topological polar surface area (TPSA) is 66.4 Å². The molecule has 0 aliphatic carbocycles. The van der Waals surface area contributed by atoms with E-state index in [9.17, 15) is 13.0 Å². The van der Waals surface area contributed by atoms with E-state index in [1.807, 2.05) is 6.92 Å². The average molecular weight is 214 g/mol. The van der Waals surface area contributed by atoms with Gasteiger partial charge in [0.25, 0.3) is 0 Å². The predicted molar refractivity (Wildman–Crippen MR) is 42.9 cm³/mol. The Kier molecular flexibility index (Phi) is 9.53. The zero-order valence-corrected chi connectivity index (χ0v) is 10.8. The van der Waals surface area contributed by atoms with Crippen molar-refractivity contribution in [3.05, 3.63) is 0 Å². The number of rotatable bonds is 3. The van der Waals surface area contributed by atoms with Crippen LogP contribution < -0.4 is 29.6 Å². The second kappa shape index (κ2) is 7.80. The molecule has 0 unspecified atom stereocenters. The molecule has 4 nitrogen and oxygen atoms in total. The van der Waals surface area contributed by atoms with Gasteiger partial charge >= 0.3 is 29.6 Å². The van der Waals surface area contributed by atoms with E-state index >= 15 is 0 Å². The van der Waals surface area contributed by atoms with Gasteiger partial charge < -0.3 is 4.55 Å². The molecule has 0 aromatic rings. The molecule has 13 heavy (non-hydrogen) atoms. The van der Waals surface area contributed by atoms with Gasteiger partial charge in [-0.05, 0) is 6.42 Å². The van der Waals surface area contributed by atoms with E-state index in [0.29, 0.717) is 12.8 Å². The molecule has 0 bridgehead atoms. The largest absolute Gasteiger partial charge is 1.00 e. The molecule has 0 radical (unpaired) electrons. The van der Waals surface area contributed by atoms with E-state index in [1.54, 1.807) is 6.92 Å². The minimum atomic E-state index is -4.62. The van der Waals surface area contributed by atoms with Crippen LogP contribution in [0.15, 0.2) is 0 Å². The molecule has 0 aliphatic heterocycles. The summed E-state index contributed by atoms with van der Waals surface area (Å²) in [5.41, 5.74) is 0. The molecule has 0 rings (SSSR count).